The summed E-state index contributed by atoms with van der Waals surface area (Å²) in [6.07, 6.45) is 0. The normalized spacial score (nSPS) is 13.3. The Bertz CT molecular complexity index is 106. The molecule has 0 bridgehead atoms. The molecule has 0 aromatic carbocycles. The number of rotatable bonds is 3. The quantitative estimate of drug-likeness (QED) is 0.595. The summed E-state index contributed by atoms with van der Waals surface area (Å²) in [6, 6.07) is 0. The van der Waals surface area contributed by atoms with Crippen LogP contribution in [0.4, 0.5) is 0 Å². The predicted octanol–water partition coefficient (Wildman–Crippen LogP) is 1.23. The number of hydrogen-bond donors (Lipinski definition) is 0. The van der Waals surface area contributed by atoms with E-state index in [2.05, 4.69) is 37.5 Å². The molecule has 0 atom stereocenters. The van der Waals surface area contributed by atoms with Gasteiger partial charge in [-0.3, -0.25) is 0 Å². The van der Waals surface area contributed by atoms with Crippen molar-refractivity contribution >= 4 is 45.1 Å². The second-order valence-electron chi connectivity index (χ2n) is 3.87. The van der Waals surface area contributed by atoms with Crippen molar-refractivity contribution in [2.45, 2.75) is 29.5 Å². The molecule has 56 valence electrons. The van der Waals surface area contributed by atoms with Crippen LogP contribution in [0.25, 0.3) is 0 Å². The van der Waals surface area contributed by atoms with Gasteiger partial charge in [-0.15, -0.1) is 0 Å². The van der Waals surface area contributed by atoms with Gasteiger partial charge in [0.15, 0.2) is 0 Å². The molecule has 10 heavy (non-hydrogen) atoms. The molecule has 0 aliphatic rings. The van der Waals surface area contributed by atoms with Gasteiger partial charge in [0.25, 0.3) is 0 Å². The van der Waals surface area contributed by atoms with Crippen LogP contribution in [0.5, 0.6) is 0 Å². The summed E-state index contributed by atoms with van der Waals surface area (Å²) in [5.74, 6) is 0. The molecule has 1 nitrogen and oxygen atoms in total. The van der Waals surface area contributed by atoms with Crippen LogP contribution in [0.3, 0.4) is 0 Å². The van der Waals surface area contributed by atoms with Gasteiger partial charge in [0.1, 0.15) is 0 Å². The van der Waals surface area contributed by atoms with E-state index < -0.39 is 17.2 Å². The third-order valence-electron chi connectivity index (χ3n) is 2.59. The van der Waals surface area contributed by atoms with Crippen molar-refractivity contribution in [3.63, 3.8) is 0 Å². The molecule has 0 amide bonds. The van der Waals surface area contributed by atoms with Crippen molar-refractivity contribution in [2.75, 3.05) is 7.05 Å². The summed E-state index contributed by atoms with van der Waals surface area (Å²) in [5, 5.41) is 0. The Balaban J connectivity index is 4.03. The van der Waals surface area contributed by atoms with Crippen LogP contribution in [0.2, 0.25) is 29.5 Å². The summed E-state index contributed by atoms with van der Waals surface area (Å²) in [6.45, 7) is 9.83. The molecule has 0 saturated carbocycles. The van der Waals surface area contributed by atoms with Crippen molar-refractivity contribution in [3.05, 3.63) is 0 Å². The molecule has 0 aromatic rings. The Morgan fingerprint density at radius 3 is 1.90 bits per heavy atom. The standard InChI is InChI=1S/C6H18NSi2.Na/c1-7(8(2)3)9(4,5)6;/h8H,4H2,1-3,5-6H3;. The van der Waals surface area contributed by atoms with Gasteiger partial charge in [0.2, 0.25) is 0 Å². The summed E-state index contributed by atoms with van der Waals surface area (Å²) in [4.78, 5) is 0. The first kappa shape index (κ1) is 11.4. The van der Waals surface area contributed by atoms with Crippen LogP contribution in [-0.2, 0) is 0 Å². The minimum absolute atomic E-state index is 0.490. The first-order valence-electron chi connectivity index (χ1n) is 4.14. The van der Waals surface area contributed by atoms with Crippen molar-refractivity contribution in [1.82, 2.24) is 4.23 Å². The van der Waals surface area contributed by atoms with Crippen molar-refractivity contribution in [1.29, 1.82) is 0 Å². The average Bonchev–Trinajstić information content (AvgIpc) is 1.86. The van der Waals surface area contributed by atoms with E-state index in [1.807, 2.05) is 0 Å². The molecule has 0 aliphatic carbocycles. The molecule has 0 spiro atoms. The van der Waals surface area contributed by atoms with Gasteiger partial charge in [0, 0.05) is 0 Å². The summed E-state index contributed by atoms with van der Waals surface area (Å²) in [7, 11) is 0.957. The third-order valence-corrected chi connectivity index (χ3v) is 16.6. The number of hydrogen-bond acceptors (Lipinski definition) is 1. The van der Waals surface area contributed by atoms with E-state index in [1.165, 1.54) is 31.2 Å². The van der Waals surface area contributed by atoms with Gasteiger partial charge in [0.05, 0.1) is 0 Å². The van der Waals surface area contributed by atoms with Crippen molar-refractivity contribution in [3.8, 4) is 0 Å². The Labute approximate surface area is 85.4 Å². The van der Waals surface area contributed by atoms with E-state index in [9.17, 15) is 0 Å². The molecule has 4 heteroatoms. The maximum atomic E-state index is 2.72. The fourth-order valence-electron chi connectivity index (χ4n) is 0.948. The summed E-state index contributed by atoms with van der Waals surface area (Å²) >= 11 is 1.38. The van der Waals surface area contributed by atoms with Gasteiger partial charge < -0.3 is 0 Å². The molecule has 0 aliphatic heterocycles. The summed E-state index contributed by atoms with van der Waals surface area (Å²) < 4.78 is 4.24. The molecule has 0 radical (unpaired) electrons. The van der Waals surface area contributed by atoms with Crippen LogP contribution in [0, 0.1) is 0 Å². The van der Waals surface area contributed by atoms with E-state index in [0.717, 1.165) is 0 Å². The molecule has 0 unspecified atom stereocenters. The average molecular weight is 183 g/mol. The molecule has 0 N–H and O–H groups in total. The Kier molecular flexibility index (Phi) is 5.04. The van der Waals surface area contributed by atoms with Crippen molar-refractivity contribution in [2.24, 2.45) is 0 Å². The number of nitrogens with zero attached hydrogens (tertiary/aromatic N) is 1. The fraction of sp³-hybridized carbons (Fsp3) is 1.00. The fourth-order valence-corrected chi connectivity index (χ4v) is 10.2. The second-order valence-corrected chi connectivity index (χ2v) is 14.5. The van der Waals surface area contributed by atoms with Crippen LogP contribution in [-0.4, -0.2) is 56.4 Å². The van der Waals surface area contributed by atoms with Crippen LogP contribution in [0.1, 0.15) is 0 Å². The van der Waals surface area contributed by atoms with Crippen LogP contribution < -0.4 is 0 Å². The zero-order chi connectivity index (χ0) is 8.36. The Hall–Kier alpha value is 1.39. The van der Waals surface area contributed by atoms with E-state index in [0.29, 0.717) is 0 Å². The van der Waals surface area contributed by atoms with Gasteiger partial charge in [-0.2, -0.15) is 0 Å². The zero-order valence-corrected chi connectivity index (χ0v) is 12.4. The topological polar surface area (TPSA) is 3.24 Å². The van der Waals surface area contributed by atoms with Gasteiger partial charge >= 0.3 is 85.9 Å². The van der Waals surface area contributed by atoms with Gasteiger partial charge in [-0.25, -0.2) is 0 Å². The van der Waals surface area contributed by atoms with E-state index in [-0.39, 0.29) is 0 Å². The van der Waals surface area contributed by atoms with Crippen molar-refractivity contribution < 1.29 is 0 Å². The minimum atomic E-state index is -0.887. The second kappa shape index (κ2) is 4.43. The SMILES string of the molecule is CN([SiH](C)C)[Si](C)(C)[CH2][Na]. The molecule has 0 fully saturated rings. The monoisotopic (exact) mass is 183 g/mol. The molecular weight excluding hydrogens is 165 g/mol. The third kappa shape index (κ3) is 3.19. The van der Waals surface area contributed by atoms with Crippen LogP contribution >= 0.6 is 0 Å². The van der Waals surface area contributed by atoms with Gasteiger partial charge in [-0.05, 0) is 0 Å². The first-order chi connectivity index (χ1) is 4.41. The maximum absolute atomic E-state index is 2.72. The molecular formula is C6H18NNaSi2. The predicted molar refractivity (Wildman–Crippen MR) is 54.7 cm³/mol. The molecule has 0 saturated heterocycles. The Morgan fingerprint density at radius 1 is 1.40 bits per heavy atom. The molecule has 0 aromatic heterocycles. The molecule has 0 rings (SSSR count). The molecule has 0 heterocycles. The summed E-state index contributed by atoms with van der Waals surface area (Å²) in [5.41, 5.74) is 0. The van der Waals surface area contributed by atoms with E-state index >= 15 is 0 Å². The van der Waals surface area contributed by atoms with E-state index in [1.54, 1.807) is 0 Å². The zero-order valence-electron chi connectivity index (χ0n) is 8.23. The Morgan fingerprint density at radius 2 is 1.80 bits per heavy atom. The van der Waals surface area contributed by atoms with Crippen LogP contribution in [0.15, 0.2) is 0 Å². The first-order valence-corrected chi connectivity index (χ1v) is 11.5. The van der Waals surface area contributed by atoms with Gasteiger partial charge in [-0.1, -0.05) is 0 Å². The van der Waals surface area contributed by atoms with E-state index in [4.69, 9.17) is 0 Å².